The van der Waals surface area contributed by atoms with Gasteiger partial charge in [-0.15, -0.1) is 0 Å². The molecule has 2 atom stereocenters. The van der Waals surface area contributed by atoms with Crippen molar-refractivity contribution in [2.24, 2.45) is 5.92 Å². The fraction of sp³-hybridized carbons (Fsp3) is 0.128. The fourth-order valence-electron chi connectivity index (χ4n) is 6.52. The number of para-hydroxylation sites is 1. The van der Waals surface area contributed by atoms with Crippen molar-refractivity contribution < 1.29 is 0 Å². The molecule has 4 aromatic carbocycles. The molecule has 4 heteroatoms. The summed E-state index contributed by atoms with van der Waals surface area (Å²) >= 11 is 0. The number of hydrogen-bond donors (Lipinski definition) is 0. The van der Waals surface area contributed by atoms with Crippen LogP contribution in [0.5, 0.6) is 0 Å². The second kappa shape index (κ2) is 10.6. The molecule has 0 bridgehead atoms. The Morgan fingerprint density at radius 3 is 2.28 bits per heavy atom. The summed E-state index contributed by atoms with van der Waals surface area (Å²) in [6.07, 6.45) is 13.1. The maximum Gasteiger partial charge on any atom is 0.163 e. The largest absolute Gasteiger partial charge is 0.256 e. The molecule has 0 spiro atoms. The highest BCUT2D eigenvalue weighted by atomic mass is 15.0. The van der Waals surface area contributed by atoms with Gasteiger partial charge in [-0.3, -0.25) is 4.98 Å². The van der Waals surface area contributed by atoms with Crippen molar-refractivity contribution in [3.63, 3.8) is 0 Å². The van der Waals surface area contributed by atoms with Crippen molar-refractivity contribution in [2.75, 3.05) is 0 Å². The van der Waals surface area contributed by atoms with E-state index in [1.54, 1.807) is 0 Å². The normalized spacial score (nSPS) is 17.9. The zero-order chi connectivity index (χ0) is 28.8. The van der Waals surface area contributed by atoms with Crippen LogP contribution in [0.25, 0.3) is 55.6 Å². The summed E-state index contributed by atoms with van der Waals surface area (Å²) in [5.41, 5.74) is 8.04. The molecule has 0 saturated carbocycles. The lowest BCUT2D eigenvalue weighted by atomic mass is 9.76. The molecule has 0 aliphatic heterocycles. The Balaban J connectivity index is 1.23. The van der Waals surface area contributed by atoms with Crippen LogP contribution in [0.1, 0.15) is 31.5 Å². The smallest absolute Gasteiger partial charge is 0.163 e. The van der Waals surface area contributed by atoms with Crippen LogP contribution in [-0.2, 0) is 0 Å². The summed E-state index contributed by atoms with van der Waals surface area (Å²) in [4.78, 5) is 20.0. The monoisotopic (exact) mass is 554 g/mol. The molecule has 2 aliphatic rings. The van der Waals surface area contributed by atoms with Crippen molar-refractivity contribution in [2.45, 2.75) is 25.7 Å². The van der Waals surface area contributed by atoms with Gasteiger partial charge in [0.1, 0.15) is 5.82 Å². The van der Waals surface area contributed by atoms with Gasteiger partial charge in [-0.2, -0.15) is 0 Å². The highest BCUT2D eigenvalue weighted by Gasteiger charge is 2.29. The Labute approximate surface area is 251 Å². The molecule has 0 N–H and O–H groups in total. The first-order valence-electron chi connectivity index (χ1n) is 15.0. The van der Waals surface area contributed by atoms with Gasteiger partial charge in [0.2, 0.25) is 0 Å². The van der Waals surface area contributed by atoms with E-state index in [1.165, 1.54) is 21.9 Å². The van der Waals surface area contributed by atoms with Crippen molar-refractivity contribution in [1.82, 2.24) is 19.9 Å². The predicted molar refractivity (Wildman–Crippen MR) is 175 cm³/mol. The maximum absolute atomic E-state index is 5.13. The number of hydrogen-bond acceptors (Lipinski definition) is 4. The third kappa shape index (κ3) is 4.65. The molecule has 8 rings (SSSR count). The van der Waals surface area contributed by atoms with E-state index in [2.05, 4.69) is 127 Å². The Kier molecular flexibility index (Phi) is 6.26. The van der Waals surface area contributed by atoms with E-state index in [9.17, 15) is 0 Å². The number of aromatic nitrogens is 4. The minimum Gasteiger partial charge on any atom is -0.256 e. The zero-order valence-corrected chi connectivity index (χ0v) is 24.0. The van der Waals surface area contributed by atoms with Gasteiger partial charge >= 0.3 is 0 Å². The molecule has 2 unspecified atom stereocenters. The van der Waals surface area contributed by atoms with E-state index in [1.807, 2.05) is 12.3 Å². The summed E-state index contributed by atoms with van der Waals surface area (Å²) < 4.78 is 0. The highest BCUT2D eigenvalue weighted by Crippen LogP contribution is 2.40. The summed E-state index contributed by atoms with van der Waals surface area (Å²) in [5, 5.41) is 3.51. The molecule has 0 radical (unpaired) electrons. The molecule has 2 aliphatic carbocycles. The third-order valence-corrected chi connectivity index (χ3v) is 8.87. The first kappa shape index (κ1) is 25.5. The first-order valence-corrected chi connectivity index (χ1v) is 15.0. The average molecular weight is 555 g/mol. The van der Waals surface area contributed by atoms with Gasteiger partial charge in [0.15, 0.2) is 11.6 Å². The van der Waals surface area contributed by atoms with Crippen LogP contribution in [0, 0.1) is 5.92 Å². The lowest BCUT2D eigenvalue weighted by Gasteiger charge is -2.29. The molecule has 2 heterocycles. The molecule has 206 valence electrons. The van der Waals surface area contributed by atoms with Crippen LogP contribution < -0.4 is 0 Å². The molecule has 6 aromatic rings. The van der Waals surface area contributed by atoms with Crippen LogP contribution in [0.3, 0.4) is 0 Å². The molecule has 2 aromatic heterocycles. The quantitative estimate of drug-likeness (QED) is 0.218. The van der Waals surface area contributed by atoms with E-state index in [-0.39, 0.29) is 5.92 Å². The molecule has 0 amide bonds. The number of pyridine rings is 1. The zero-order valence-electron chi connectivity index (χ0n) is 24.0. The van der Waals surface area contributed by atoms with Gasteiger partial charge in [0.05, 0.1) is 5.52 Å². The minimum atomic E-state index is 0.0900. The van der Waals surface area contributed by atoms with Crippen molar-refractivity contribution in [1.29, 1.82) is 0 Å². The van der Waals surface area contributed by atoms with E-state index in [4.69, 9.17) is 15.0 Å². The number of fused-ring (bicyclic) bond motifs is 2. The maximum atomic E-state index is 5.13. The van der Waals surface area contributed by atoms with E-state index in [0.29, 0.717) is 17.6 Å². The third-order valence-electron chi connectivity index (χ3n) is 8.87. The SMILES string of the molecule is CC1C2=C(C=CCC2)C=CC1c1nc(-c2ccc(-c3cccc4cccnc34)cc2)nc(-c2ccc3ccccc3c2)n1. The van der Waals surface area contributed by atoms with Crippen LogP contribution >= 0.6 is 0 Å². The summed E-state index contributed by atoms with van der Waals surface area (Å²) in [6, 6.07) is 33.8. The molecular weight excluding hydrogens is 524 g/mol. The van der Waals surface area contributed by atoms with E-state index >= 15 is 0 Å². The topological polar surface area (TPSA) is 51.6 Å². The number of allylic oxidation sites excluding steroid dienone is 6. The molecular formula is C39H30N4. The number of rotatable bonds is 4. The Bertz CT molecular complexity index is 2100. The fourth-order valence-corrected chi connectivity index (χ4v) is 6.52. The van der Waals surface area contributed by atoms with Crippen LogP contribution in [0.15, 0.2) is 139 Å². The van der Waals surface area contributed by atoms with Crippen LogP contribution in [0.4, 0.5) is 0 Å². The minimum absolute atomic E-state index is 0.0900. The van der Waals surface area contributed by atoms with Gasteiger partial charge in [0.25, 0.3) is 0 Å². The van der Waals surface area contributed by atoms with Crippen molar-refractivity contribution >= 4 is 21.7 Å². The second-order valence-corrected chi connectivity index (χ2v) is 11.5. The Morgan fingerprint density at radius 2 is 1.40 bits per heavy atom. The Hall–Kier alpha value is -5.22. The molecule has 43 heavy (non-hydrogen) atoms. The number of nitrogens with zero attached hydrogens (tertiary/aromatic N) is 4. The van der Waals surface area contributed by atoms with Gasteiger partial charge < -0.3 is 0 Å². The first-order chi connectivity index (χ1) is 21.2. The molecule has 0 fully saturated rings. The van der Waals surface area contributed by atoms with Gasteiger partial charge in [-0.05, 0) is 52.8 Å². The van der Waals surface area contributed by atoms with E-state index < -0.39 is 0 Å². The Morgan fingerprint density at radius 1 is 0.651 bits per heavy atom. The summed E-state index contributed by atoms with van der Waals surface area (Å²) in [5.74, 6) is 2.63. The van der Waals surface area contributed by atoms with E-state index in [0.717, 1.165) is 51.8 Å². The second-order valence-electron chi connectivity index (χ2n) is 11.5. The van der Waals surface area contributed by atoms with Gasteiger partial charge in [-0.1, -0.05) is 122 Å². The highest BCUT2D eigenvalue weighted by molar-refractivity contribution is 5.93. The van der Waals surface area contributed by atoms with Crippen LogP contribution in [-0.4, -0.2) is 19.9 Å². The van der Waals surface area contributed by atoms with Crippen LogP contribution in [0.2, 0.25) is 0 Å². The summed E-state index contributed by atoms with van der Waals surface area (Å²) in [7, 11) is 0. The standard InChI is InChI=1S/C39H30N4/c1-25-33-13-5-4-9-27(33)21-22-34(25)39-42-37(41-38(43-39)32-20-15-26-8-2-3-10-31(26)24-32)30-18-16-28(17-19-30)35-14-6-11-29-12-7-23-40-36(29)35/h2-4,6-12,14-25,34H,5,13H2,1H3. The summed E-state index contributed by atoms with van der Waals surface area (Å²) in [6.45, 7) is 2.31. The van der Waals surface area contributed by atoms with Crippen molar-refractivity contribution in [3.05, 3.63) is 145 Å². The molecule has 4 nitrogen and oxygen atoms in total. The average Bonchev–Trinajstić information content (AvgIpc) is 3.08. The van der Waals surface area contributed by atoms with Gasteiger partial charge in [0, 0.05) is 34.2 Å². The van der Waals surface area contributed by atoms with Gasteiger partial charge in [-0.25, -0.2) is 15.0 Å². The number of benzene rings is 4. The molecule has 0 saturated heterocycles. The predicted octanol–water partition coefficient (Wildman–Crippen LogP) is 9.51. The lowest BCUT2D eigenvalue weighted by Crippen LogP contribution is -2.19. The van der Waals surface area contributed by atoms with Crippen molar-refractivity contribution in [3.8, 4) is 33.9 Å². The lowest BCUT2D eigenvalue weighted by molar-refractivity contribution is 0.543.